The molecule has 3 heterocycles. The largest absolute Gasteiger partial charge is 0.397 e. The number of likely N-dealkylation sites (N-methyl/N-ethyl adjacent to an activating group) is 7. The lowest BCUT2D eigenvalue weighted by atomic mass is 9.74. The van der Waals surface area contributed by atoms with Crippen LogP contribution in [0.25, 0.3) is 0 Å². The van der Waals surface area contributed by atoms with Gasteiger partial charge in [-0.2, -0.15) is 26.3 Å². The van der Waals surface area contributed by atoms with Crippen LogP contribution >= 0.6 is 11.6 Å². The van der Waals surface area contributed by atoms with Gasteiger partial charge >= 0.3 is 12.4 Å². The van der Waals surface area contributed by atoms with Crippen LogP contribution in [0.1, 0.15) is 201 Å². The Kier molecular flexibility index (Phi) is 31.9. The summed E-state index contributed by atoms with van der Waals surface area (Å²) in [5.41, 5.74) is -1.70. The van der Waals surface area contributed by atoms with E-state index in [-0.39, 0.29) is 102 Å². The van der Waals surface area contributed by atoms with Crippen molar-refractivity contribution in [1.29, 1.82) is 0 Å². The molecule has 8 rings (SSSR count). The zero-order valence-corrected chi connectivity index (χ0v) is 67.8. The van der Waals surface area contributed by atoms with E-state index in [1.165, 1.54) is 76.0 Å². The van der Waals surface area contributed by atoms with Crippen molar-refractivity contribution in [1.82, 2.24) is 60.0 Å². The maximum absolute atomic E-state index is 15.6. The molecule has 2 bridgehead atoms. The summed E-state index contributed by atoms with van der Waals surface area (Å²) in [6, 6.07) is -11.3. The fourth-order valence-corrected chi connectivity index (χ4v) is 18.8. The van der Waals surface area contributed by atoms with E-state index in [0.29, 0.717) is 83.5 Å². The van der Waals surface area contributed by atoms with Crippen molar-refractivity contribution in [2.45, 2.75) is 291 Å². The lowest BCUT2D eigenvalue weighted by molar-refractivity contribution is -0.219. The molecule has 3 N–H and O–H groups in total. The van der Waals surface area contributed by atoms with Crippen LogP contribution in [0.4, 0.5) is 35.1 Å². The summed E-state index contributed by atoms with van der Waals surface area (Å²) in [5.74, 6) is -16.7. The predicted octanol–water partition coefficient (Wildman–Crippen LogP) is 7.72. The van der Waals surface area contributed by atoms with Crippen LogP contribution in [0.2, 0.25) is 0 Å². The van der Waals surface area contributed by atoms with Gasteiger partial charge in [0.1, 0.15) is 72.1 Å². The third-order valence-corrected chi connectivity index (χ3v) is 26.3. The predicted molar refractivity (Wildman–Crippen MR) is 398 cm³/mol. The van der Waals surface area contributed by atoms with Gasteiger partial charge in [-0.25, -0.2) is 8.78 Å². The van der Waals surface area contributed by atoms with Gasteiger partial charge in [-0.15, -0.1) is 11.6 Å². The maximum atomic E-state index is 15.6. The van der Waals surface area contributed by atoms with Crippen LogP contribution in [0.3, 0.4) is 0 Å². The monoisotopic (exact) mass is 1620 g/mol. The molecule has 5 aliphatic carbocycles. The van der Waals surface area contributed by atoms with E-state index < -0.39 is 230 Å². The summed E-state index contributed by atoms with van der Waals surface area (Å²) >= 11 is 6.58. The minimum atomic E-state index is -5.22. The first kappa shape index (κ1) is 90.9. The molecule has 8 fully saturated rings. The molecular formula is C78H121ClF8N12O13. The highest BCUT2D eigenvalue weighted by molar-refractivity contribution is 6.20. The SMILES string of the molecule is CCO[C@@H]1C[C@H]2C(=O)NC3(CCC3)C(=O)N(C)[C@@H](C3CCCC3)C(=O)N(C)[C@H](C(=O)N(C)C)CC(=O)N(C)[C@@H](CC3CCC(Cl)CC3)C(=O)N[C@@H]([C@@H](C)CC)C(=O)N(C)CC(=O)N(C)[C@H]3CCCCCN(C3=O)[C@@H](CC3CCC(C(F)(F)F)CC3)C(=O)N(C)CC(=O)N[C@@H](CCC3CC(F)C(C(F)(F)F)C(F)C3)C(=O)N2C1. The van der Waals surface area contributed by atoms with E-state index in [4.69, 9.17) is 16.3 Å². The van der Waals surface area contributed by atoms with Crippen molar-refractivity contribution < 1.29 is 97.4 Å². The van der Waals surface area contributed by atoms with E-state index in [1.54, 1.807) is 20.8 Å². The smallest absolute Gasteiger partial charge is 0.377 e. The Hall–Kier alpha value is -6.67. The van der Waals surface area contributed by atoms with Gasteiger partial charge in [-0.3, -0.25) is 57.5 Å². The molecule has 2 unspecified atom stereocenters. The Bertz CT molecular complexity index is 3310. The molecule has 3 aliphatic heterocycles. The fraction of sp³-hybridized carbons (Fsp3) is 0.846. The quantitative estimate of drug-likeness (QED) is 0.118. The molecule has 12 amide bonds. The highest BCUT2D eigenvalue weighted by Gasteiger charge is 2.56. The Balaban J connectivity index is 1.21. The second-order valence-electron chi connectivity index (χ2n) is 33.7. The second-order valence-corrected chi connectivity index (χ2v) is 34.3. The molecule has 8 aliphatic rings. The first-order chi connectivity index (χ1) is 52.6. The molecular weight excluding hydrogens is 1500 g/mol. The van der Waals surface area contributed by atoms with Crippen molar-refractivity contribution in [2.24, 2.45) is 41.4 Å². The average molecular weight is 1620 g/mol. The van der Waals surface area contributed by atoms with Gasteiger partial charge in [-0.1, -0.05) is 46.0 Å². The van der Waals surface area contributed by atoms with Crippen molar-refractivity contribution in [2.75, 3.05) is 89.2 Å². The first-order valence-electron chi connectivity index (χ1n) is 40.6. The van der Waals surface area contributed by atoms with Gasteiger partial charge < -0.3 is 64.8 Å². The second kappa shape index (κ2) is 39.3. The van der Waals surface area contributed by atoms with E-state index in [9.17, 15) is 40.7 Å². The lowest BCUT2D eigenvalue weighted by Crippen LogP contribution is -2.68. The number of carbonyl (C=O) groups is 12. The van der Waals surface area contributed by atoms with Crippen molar-refractivity contribution in [3.63, 3.8) is 0 Å². The summed E-state index contributed by atoms with van der Waals surface area (Å²) in [7, 11) is 11.0. The van der Waals surface area contributed by atoms with Crippen molar-refractivity contribution in [3.8, 4) is 0 Å². The maximum Gasteiger partial charge on any atom is 0.397 e. The minimum absolute atomic E-state index is 0.00666. The lowest BCUT2D eigenvalue weighted by Gasteiger charge is -2.46. The van der Waals surface area contributed by atoms with Crippen LogP contribution < -0.4 is 16.0 Å². The van der Waals surface area contributed by atoms with Crippen molar-refractivity contribution >= 4 is 82.5 Å². The first-order valence-corrected chi connectivity index (χ1v) is 41.0. The normalized spacial score (nSPS) is 33.2. The van der Waals surface area contributed by atoms with Crippen LogP contribution in [0.5, 0.6) is 0 Å². The van der Waals surface area contributed by atoms with Gasteiger partial charge in [0, 0.05) is 87.9 Å². The number of rotatable bonds is 13. The molecule has 0 aromatic rings. The summed E-state index contributed by atoms with van der Waals surface area (Å²) < 4.78 is 122. The summed E-state index contributed by atoms with van der Waals surface area (Å²) in [4.78, 5) is 193. The molecule has 634 valence electrons. The molecule has 0 aromatic carbocycles. The highest BCUT2D eigenvalue weighted by atomic mass is 35.5. The molecule has 1 spiro atoms. The Morgan fingerprint density at radius 1 is 0.589 bits per heavy atom. The molecule has 112 heavy (non-hydrogen) atoms. The number of hydrogen-bond donors (Lipinski definition) is 3. The van der Waals surface area contributed by atoms with Crippen LogP contribution in [0, 0.1) is 41.4 Å². The standard InChI is InChI=1S/C78H121ClF8N12O13/c1-12-45(3)65-73(109)93(7)44-63(102)94(8)56-22-15-14-18-35-98(72(56)108)60(39-46-23-28-50(29-24-46)77(82,83)84)71(107)92(6)43-61(100)88-55(32-27-48-36-53(80)64(54(81)37-48)78(85,86)87)69(105)99-42-52(112-13-2)40-58(99)68(104)90-76(33-19-34-76)75(111)97(11)66(49-20-16-17-21-49)74(110)96(10)59(70(106)91(4)5)41-62(101)95(9)57(67(103)89-65)38-47-25-30-51(79)31-26-47/h45-60,64-66H,12-44H2,1-11H3,(H,88,100)(H,89,103)(H,90,104)/t45-,46?,47?,48?,50?,51?,52+,53?,54?,55-,56-,57-,58-,59-,60-,64?,65-,66-/m0/s1. The topological polar surface area (TPSA) is 279 Å². The molecule has 5 saturated carbocycles. The summed E-state index contributed by atoms with van der Waals surface area (Å²) in [6.07, 6.45) is -12.8. The number of carbonyl (C=O) groups excluding carboxylic acids is 12. The van der Waals surface area contributed by atoms with Crippen molar-refractivity contribution in [3.05, 3.63) is 0 Å². The number of fused-ring (bicyclic) bond motifs is 3. The zero-order chi connectivity index (χ0) is 82.8. The van der Waals surface area contributed by atoms with E-state index in [0.717, 1.165) is 24.5 Å². The summed E-state index contributed by atoms with van der Waals surface area (Å²) in [6.45, 7) is 3.40. The third kappa shape index (κ3) is 22.1. The zero-order valence-electron chi connectivity index (χ0n) is 67.0. The number of hydrogen-bond acceptors (Lipinski definition) is 13. The molecule has 12 atom stereocenters. The van der Waals surface area contributed by atoms with Gasteiger partial charge in [0.15, 0.2) is 0 Å². The molecule has 3 saturated heterocycles. The Morgan fingerprint density at radius 3 is 1.74 bits per heavy atom. The van der Waals surface area contributed by atoms with Gasteiger partial charge in [0.2, 0.25) is 70.9 Å². The number of amides is 12. The number of alkyl halides is 9. The number of nitrogens with one attached hydrogen (secondary N) is 3. The third-order valence-electron chi connectivity index (χ3n) is 25.9. The summed E-state index contributed by atoms with van der Waals surface area (Å²) in [5, 5.41) is 8.39. The van der Waals surface area contributed by atoms with Crippen LogP contribution in [0.15, 0.2) is 0 Å². The van der Waals surface area contributed by atoms with Crippen LogP contribution in [-0.2, 0) is 62.3 Å². The average Bonchev–Trinajstić information content (AvgIpc) is 0.986. The van der Waals surface area contributed by atoms with Gasteiger partial charge in [-0.05, 0) is 171 Å². The number of halogens is 9. The molecule has 25 nitrogen and oxygen atoms in total. The fourth-order valence-electron chi connectivity index (χ4n) is 18.5. The van der Waals surface area contributed by atoms with E-state index in [1.807, 2.05) is 0 Å². The van der Waals surface area contributed by atoms with E-state index in [2.05, 4.69) is 16.0 Å². The highest BCUT2D eigenvalue weighted by Crippen LogP contribution is 2.46. The minimum Gasteiger partial charge on any atom is -0.377 e. The van der Waals surface area contributed by atoms with E-state index >= 15 is 51.9 Å². The Labute approximate surface area is 658 Å². The molecule has 0 radical (unpaired) electrons. The number of ether oxygens (including phenoxy) is 1. The van der Waals surface area contributed by atoms with Gasteiger partial charge in [0.25, 0.3) is 0 Å². The number of nitrogens with zero attached hydrogens (tertiary/aromatic N) is 9. The Morgan fingerprint density at radius 2 is 1.18 bits per heavy atom. The van der Waals surface area contributed by atoms with Crippen LogP contribution in [-0.4, -0.2) is 294 Å². The van der Waals surface area contributed by atoms with Gasteiger partial charge in [0.05, 0.1) is 31.5 Å². The molecule has 34 heteroatoms. The molecule has 0 aromatic heterocycles.